The molecule has 0 bridgehead atoms. The van der Waals surface area contributed by atoms with E-state index in [2.05, 4.69) is 10.0 Å². The lowest BCUT2D eigenvalue weighted by Gasteiger charge is -1.93. The fourth-order valence-corrected chi connectivity index (χ4v) is 0.697. The lowest BCUT2D eigenvalue weighted by molar-refractivity contribution is -0.118. The zero-order valence-electron chi connectivity index (χ0n) is 6.36. The largest absolute Gasteiger partial charge is 0.330 e. The topological polar surface area (TPSA) is 91.9 Å². The van der Waals surface area contributed by atoms with Crippen molar-refractivity contribution >= 4 is 5.91 Å². The molecule has 0 heterocycles. The first-order chi connectivity index (χ1) is 5.31. The second-order valence-electron chi connectivity index (χ2n) is 2.18. The van der Waals surface area contributed by atoms with E-state index >= 15 is 0 Å². The van der Waals surface area contributed by atoms with Crippen LogP contribution >= 0.6 is 0 Å². The van der Waals surface area contributed by atoms with Crippen molar-refractivity contribution in [1.29, 1.82) is 0 Å². The Morgan fingerprint density at radius 2 is 2.18 bits per heavy atom. The molecule has 0 rings (SSSR count). The first-order valence-corrected chi connectivity index (χ1v) is 3.59. The molecule has 0 atom stereocenters. The fraction of sp³-hybridized carbons (Fsp3) is 0.833. The Hall–Kier alpha value is -1.06. The number of unbranched alkanes of at least 4 members (excludes halogenated alkanes) is 2. The second-order valence-corrected chi connectivity index (χ2v) is 2.18. The summed E-state index contributed by atoms with van der Waals surface area (Å²) in [7, 11) is 0. The van der Waals surface area contributed by atoms with Crippen LogP contribution < -0.4 is 5.73 Å². The standard InChI is InChI=1S/C6H12N4O/c7-5-3-1-2-4-6(11)9-10-8/h1-5,7H2. The van der Waals surface area contributed by atoms with Crippen molar-refractivity contribution in [3.8, 4) is 0 Å². The van der Waals surface area contributed by atoms with E-state index in [-0.39, 0.29) is 5.91 Å². The van der Waals surface area contributed by atoms with Gasteiger partial charge in [0.05, 0.1) is 0 Å². The molecule has 0 aromatic heterocycles. The highest BCUT2D eigenvalue weighted by Gasteiger charge is 1.95. The van der Waals surface area contributed by atoms with Gasteiger partial charge in [0, 0.05) is 11.3 Å². The molecular formula is C6H12N4O. The molecule has 5 heteroatoms. The average Bonchev–Trinajstić information content (AvgIpc) is 1.99. The third kappa shape index (κ3) is 6.83. The molecule has 2 N–H and O–H groups in total. The van der Waals surface area contributed by atoms with E-state index in [1.54, 1.807) is 0 Å². The number of hydrogen-bond acceptors (Lipinski definition) is 2. The van der Waals surface area contributed by atoms with Gasteiger partial charge in [-0.1, -0.05) is 6.42 Å². The molecule has 5 nitrogen and oxygen atoms in total. The molecule has 0 aliphatic rings. The lowest BCUT2D eigenvalue weighted by atomic mass is 10.2. The Balaban J connectivity index is 3.24. The SMILES string of the molecule is [N-]=[N+]=NC(=O)CCCCCN. The summed E-state index contributed by atoms with van der Waals surface area (Å²) in [6, 6.07) is 0. The van der Waals surface area contributed by atoms with Crippen LogP contribution in [0.3, 0.4) is 0 Å². The summed E-state index contributed by atoms with van der Waals surface area (Å²) in [5, 5.41) is 2.93. The summed E-state index contributed by atoms with van der Waals surface area (Å²) < 4.78 is 0. The van der Waals surface area contributed by atoms with Crippen LogP contribution in [0.15, 0.2) is 5.11 Å². The quantitative estimate of drug-likeness (QED) is 0.281. The Bertz CT molecular complexity index is 162. The number of carbonyl (C=O) groups is 1. The third-order valence-electron chi connectivity index (χ3n) is 1.25. The van der Waals surface area contributed by atoms with Crippen LogP contribution in [-0.2, 0) is 4.79 Å². The molecule has 11 heavy (non-hydrogen) atoms. The van der Waals surface area contributed by atoms with E-state index < -0.39 is 0 Å². The Labute approximate surface area is 65.2 Å². The molecule has 62 valence electrons. The van der Waals surface area contributed by atoms with E-state index in [0.717, 1.165) is 19.3 Å². The van der Waals surface area contributed by atoms with Gasteiger partial charge in [0.25, 0.3) is 0 Å². The Kier molecular flexibility index (Phi) is 6.37. The molecule has 0 aliphatic carbocycles. The number of carbonyl (C=O) groups excluding carboxylic acids is 1. The summed E-state index contributed by atoms with van der Waals surface area (Å²) >= 11 is 0. The van der Waals surface area contributed by atoms with Crippen LogP contribution in [0, 0.1) is 0 Å². The normalized spacial score (nSPS) is 8.82. The Morgan fingerprint density at radius 3 is 2.73 bits per heavy atom. The Morgan fingerprint density at radius 1 is 1.45 bits per heavy atom. The lowest BCUT2D eigenvalue weighted by Crippen LogP contribution is -1.98. The maximum absolute atomic E-state index is 10.6. The minimum atomic E-state index is -0.385. The van der Waals surface area contributed by atoms with Gasteiger partial charge in [0.2, 0.25) is 5.91 Å². The van der Waals surface area contributed by atoms with E-state index in [9.17, 15) is 4.79 Å². The van der Waals surface area contributed by atoms with Gasteiger partial charge in [0.1, 0.15) is 0 Å². The van der Waals surface area contributed by atoms with Gasteiger partial charge in [-0.15, -0.1) is 0 Å². The molecule has 0 radical (unpaired) electrons. The second kappa shape index (κ2) is 7.05. The summed E-state index contributed by atoms with van der Waals surface area (Å²) in [6.07, 6.45) is 2.94. The zero-order chi connectivity index (χ0) is 8.53. The molecule has 0 aromatic carbocycles. The molecule has 0 saturated carbocycles. The highest BCUT2D eigenvalue weighted by Crippen LogP contribution is 1.99. The fourth-order valence-electron chi connectivity index (χ4n) is 0.697. The first kappa shape index (κ1) is 9.94. The molecule has 0 spiro atoms. The minimum Gasteiger partial charge on any atom is -0.330 e. The maximum atomic E-state index is 10.6. The smallest absolute Gasteiger partial charge is 0.218 e. The summed E-state index contributed by atoms with van der Waals surface area (Å²) in [4.78, 5) is 12.9. The number of azide groups is 1. The highest BCUT2D eigenvalue weighted by molar-refractivity contribution is 5.76. The van der Waals surface area contributed by atoms with Crippen LogP contribution in [0.25, 0.3) is 10.4 Å². The van der Waals surface area contributed by atoms with E-state index in [1.807, 2.05) is 0 Å². The number of nitrogens with zero attached hydrogens (tertiary/aromatic N) is 3. The monoisotopic (exact) mass is 156 g/mol. The maximum Gasteiger partial charge on any atom is 0.218 e. The van der Waals surface area contributed by atoms with Crippen molar-refractivity contribution in [2.75, 3.05) is 6.54 Å². The first-order valence-electron chi connectivity index (χ1n) is 3.59. The van der Waals surface area contributed by atoms with Gasteiger partial charge in [0.15, 0.2) is 0 Å². The zero-order valence-corrected chi connectivity index (χ0v) is 6.36. The van der Waals surface area contributed by atoms with Crippen molar-refractivity contribution in [2.45, 2.75) is 25.7 Å². The minimum absolute atomic E-state index is 0.337. The molecule has 0 aliphatic heterocycles. The third-order valence-corrected chi connectivity index (χ3v) is 1.25. The summed E-state index contributed by atoms with van der Waals surface area (Å²) in [5.41, 5.74) is 13.1. The van der Waals surface area contributed by atoms with Crippen molar-refractivity contribution in [3.63, 3.8) is 0 Å². The molecule has 1 amide bonds. The van der Waals surface area contributed by atoms with Gasteiger partial charge in [-0.05, 0) is 30.0 Å². The summed E-state index contributed by atoms with van der Waals surface area (Å²) in [5.74, 6) is -0.385. The number of nitrogens with two attached hydrogens (primary N) is 1. The van der Waals surface area contributed by atoms with Crippen LogP contribution in [0.4, 0.5) is 0 Å². The van der Waals surface area contributed by atoms with Crippen LogP contribution in [0.2, 0.25) is 0 Å². The van der Waals surface area contributed by atoms with Gasteiger partial charge in [-0.25, -0.2) is 0 Å². The molecular weight excluding hydrogens is 144 g/mol. The van der Waals surface area contributed by atoms with Crippen molar-refractivity contribution < 1.29 is 4.79 Å². The number of hydrogen-bond donors (Lipinski definition) is 1. The van der Waals surface area contributed by atoms with Crippen LogP contribution in [0.1, 0.15) is 25.7 Å². The van der Waals surface area contributed by atoms with Crippen molar-refractivity contribution in [2.24, 2.45) is 10.8 Å². The van der Waals surface area contributed by atoms with Gasteiger partial charge in [-0.3, -0.25) is 4.79 Å². The van der Waals surface area contributed by atoms with Gasteiger partial charge in [-0.2, -0.15) is 0 Å². The van der Waals surface area contributed by atoms with Crippen LogP contribution in [0.5, 0.6) is 0 Å². The predicted molar refractivity (Wildman–Crippen MR) is 41.7 cm³/mol. The van der Waals surface area contributed by atoms with E-state index in [1.165, 1.54) is 0 Å². The predicted octanol–water partition coefficient (Wildman–Crippen LogP) is 1.34. The van der Waals surface area contributed by atoms with Crippen LogP contribution in [-0.4, -0.2) is 12.5 Å². The van der Waals surface area contributed by atoms with Crippen molar-refractivity contribution in [1.82, 2.24) is 0 Å². The highest BCUT2D eigenvalue weighted by atomic mass is 16.1. The number of rotatable bonds is 5. The average molecular weight is 156 g/mol. The molecule has 0 fully saturated rings. The molecule has 0 unspecified atom stereocenters. The van der Waals surface area contributed by atoms with Crippen molar-refractivity contribution in [3.05, 3.63) is 10.4 Å². The molecule has 0 aromatic rings. The van der Waals surface area contributed by atoms with E-state index in [0.29, 0.717) is 13.0 Å². The van der Waals surface area contributed by atoms with E-state index in [4.69, 9.17) is 11.3 Å². The summed E-state index contributed by atoms with van der Waals surface area (Å²) in [6.45, 7) is 0.649. The van der Waals surface area contributed by atoms with Gasteiger partial charge >= 0.3 is 0 Å². The molecule has 0 saturated heterocycles. The van der Waals surface area contributed by atoms with Gasteiger partial charge < -0.3 is 5.73 Å². The number of amides is 1.